The van der Waals surface area contributed by atoms with E-state index < -0.39 is 11.8 Å². The summed E-state index contributed by atoms with van der Waals surface area (Å²) in [6.45, 7) is 3.85. The van der Waals surface area contributed by atoms with E-state index in [0.29, 0.717) is 49.6 Å². The highest BCUT2D eigenvalue weighted by Crippen LogP contribution is 2.27. The van der Waals surface area contributed by atoms with Gasteiger partial charge in [0, 0.05) is 32.6 Å². The number of hydrogen-bond acceptors (Lipinski definition) is 4. The Labute approximate surface area is 176 Å². The third kappa shape index (κ3) is 4.30. The first-order valence-electron chi connectivity index (χ1n) is 11.2. The Bertz CT molecular complexity index is 949. The quantitative estimate of drug-likeness (QED) is 0.754. The Kier molecular flexibility index (Phi) is 6.25. The van der Waals surface area contributed by atoms with Gasteiger partial charge in [0.15, 0.2) is 5.58 Å². The third-order valence-corrected chi connectivity index (χ3v) is 6.70. The van der Waals surface area contributed by atoms with Gasteiger partial charge in [-0.05, 0) is 31.4 Å². The van der Waals surface area contributed by atoms with Gasteiger partial charge in [-0.1, -0.05) is 44.2 Å². The van der Waals surface area contributed by atoms with Gasteiger partial charge >= 0.3 is 5.76 Å². The summed E-state index contributed by atoms with van der Waals surface area (Å²) in [4.78, 5) is 41.5. The lowest BCUT2D eigenvalue weighted by Crippen LogP contribution is -2.52. The Morgan fingerprint density at radius 3 is 2.43 bits per heavy atom. The van der Waals surface area contributed by atoms with Crippen LogP contribution in [-0.2, 0) is 9.59 Å². The normalized spacial score (nSPS) is 19.2. The second-order valence-electron chi connectivity index (χ2n) is 8.63. The van der Waals surface area contributed by atoms with Crippen molar-refractivity contribution in [1.82, 2.24) is 14.4 Å². The SMILES string of the molecule is CC(C(=O)N1CCN(C(=O)CCC2CCCCC2)CC1)n1c(=O)oc2ccccc21. The lowest BCUT2D eigenvalue weighted by molar-refractivity contribution is -0.141. The van der Waals surface area contributed by atoms with Crippen LogP contribution >= 0.6 is 0 Å². The minimum absolute atomic E-state index is 0.113. The minimum Gasteiger partial charge on any atom is -0.408 e. The summed E-state index contributed by atoms with van der Waals surface area (Å²) in [5.74, 6) is 0.277. The number of nitrogens with zero attached hydrogens (tertiary/aromatic N) is 3. The highest BCUT2D eigenvalue weighted by Gasteiger charge is 2.29. The average molecular weight is 414 g/mol. The molecule has 2 amide bonds. The Morgan fingerprint density at radius 2 is 1.70 bits per heavy atom. The number of amides is 2. The van der Waals surface area contributed by atoms with Crippen LogP contribution in [0.1, 0.15) is 57.9 Å². The molecule has 1 saturated heterocycles. The monoisotopic (exact) mass is 413 g/mol. The first kappa shape index (κ1) is 20.7. The molecule has 2 aliphatic rings. The molecule has 162 valence electrons. The summed E-state index contributed by atoms with van der Waals surface area (Å²) >= 11 is 0. The molecule has 0 spiro atoms. The van der Waals surface area contributed by atoms with Crippen LogP contribution in [0.5, 0.6) is 0 Å². The molecular weight excluding hydrogens is 382 g/mol. The second-order valence-corrected chi connectivity index (χ2v) is 8.63. The maximum atomic E-state index is 13.0. The number of fused-ring (bicyclic) bond motifs is 1. The van der Waals surface area contributed by atoms with Crippen LogP contribution in [0.25, 0.3) is 11.1 Å². The number of piperazine rings is 1. The first-order valence-corrected chi connectivity index (χ1v) is 11.2. The second kappa shape index (κ2) is 9.06. The van der Waals surface area contributed by atoms with E-state index in [0.717, 1.165) is 6.42 Å². The maximum absolute atomic E-state index is 13.0. The highest BCUT2D eigenvalue weighted by atomic mass is 16.4. The van der Waals surface area contributed by atoms with Crippen molar-refractivity contribution in [2.24, 2.45) is 5.92 Å². The predicted molar refractivity (Wildman–Crippen MR) is 114 cm³/mol. The summed E-state index contributed by atoms with van der Waals surface area (Å²) in [5.41, 5.74) is 1.11. The fraction of sp³-hybridized carbons (Fsp3) is 0.609. The molecule has 7 nitrogen and oxygen atoms in total. The molecule has 1 aliphatic heterocycles. The molecule has 4 rings (SSSR count). The van der Waals surface area contributed by atoms with E-state index in [2.05, 4.69) is 0 Å². The van der Waals surface area contributed by atoms with E-state index >= 15 is 0 Å². The summed E-state index contributed by atoms with van der Waals surface area (Å²) in [5, 5.41) is 0. The van der Waals surface area contributed by atoms with Crippen LogP contribution in [0.2, 0.25) is 0 Å². The van der Waals surface area contributed by atoms with Gasteiger partial charge in [0.2, 0.25) is 11.8 Å². The van der Waals surface area contributed by atoms with Crippen molar-refractivity contribution in [2.75, 3.05) is 26.2 Å². The molecule has 1 atom stereocenters. The molecule has 1 unspecified atom stereocenters. The summed E-state index contributed by atoms with van der Waals surface area (Å²) in [6.07, 6.45) is 8.06. The van der Waals surface area contributed by atoms with Crippen molar-refractivity contribution in [3.05, 3.63) is 34.8 Å². The van der Waals surface area contributed by atoms with E-state index in [1.165, 1.54) is 36.7 Å². The van der Waals surface area contributed by atoms with Crippen LogP contribution < -0.4 is 5.76 Å². The first-order chi connectivity index (χ1) is 14.5. The van der Waals surface area contributed by atoms with Crippen molar-refractivity contribution in [1.29, 1.82) is 0 Å². The van der Waals surface area contributed by atoms with E-state index in [1.54, 1.807) is 30.0 Å². The lowest BCUT2D eigenvalue weighted by Gasteiger charge is -2.36. The van der Waals surface area contributed by atoms with Crippen LogP contribution in [0, 0.1) is 5.92 Å². The van der Waals surface area contributed by atoms with Crippen LogP contribution in [-0.4, -0.2) is 52.4 Å². The van der Waals surface area contributed by atoms with Crippen molar-refractivity contribution < 1.29 is 14.0 Å². The fourth-order valence-corrected chi connectivity index (χ4v) is 4.86. The van der Waals surface area contributed by atoms with Gasteiger partial charge in [-0.15, -0.1) is 0 Å². The third-order valence-electron chi connectivity index (χ3n) is 6.70. The van der Waals surface area contributed by atoms with E-state index in [1.807, 2.05) is 11.0 Å². The molecule has 1 aliphatic carbocycles. The number of oxazole rings is 1. The van der Waals surface area contributed by atoms with Crippen molar-refractivity contribution in [3.63, 3.8) is 0 Å². The smallest absolute Gasteiger partial charge is 0.408 e. The number of carbonyl (C=O) groups is 2. The molecule has 1 saturated carbocycles. The van der Waals surface area contributed by atoms with Gasteiger partial charge in [0.25, 0.3) is 0 Å². The predicted octanol–water partition coefficient (Wildman–Crippen LogP) is 3.19. The number of para-hydroxylation sites is 2. The summed E-state index contributed by atoms with van der Waals surface area (Å²) < 4.78 is 6.68. The number of hydrogen-bond donors (Lipinski definition) is 0. The van der Waals surface area contributed by atoms with Gasteiger partial charge < -0.3 is 14.2 Å². The van der Waals surface area contributed by atoms with E-state index in [9.17, 15) is 14.4 Å². The molecule has 7 heteroatoms. The zero-order chi connectivity index (χ0) is 21.1. The van der Waals surface area contributed by atoms with Crippen molar-refractivity contribution >= 4 is 22.9 Å². The number of aromatic nitrogens is 1. The zero-order valence-corrected chi connectivity index (χ0v) is 17.7. The fourth-order valence-electron chi connectivity index (χ4n) is 4.86. The van der Waals surface area contributed by atoms with Crippen LogP contribution in [0.3, 0.4) is 0 Å². The topological polar surface area (TPSA) is 75.8 Å². The largest absolute Gasteiger partial charge is 0.420 e. The molecule has 1 aromatic heterocycles. The molecule has 1 aromatic carbocycles. The zero-order valence-electron chi connectivity index (χ0n) is 17.7. The molecule has 0 radical (unpaired) electrons. The molecule has 2 heterocycles. The van der Waals surface area contributed by atoms with Crippen LogP contribution in [0.15, 0.2) is 33.5 Å². The molecular formula is C23H31N3O4. The minimum atomic E-state index is -0.644. The standard InChI is InChI=1S/C23H31N3O4/c1-17(26-19-9-5-6-10-20(19)30-23(26)29)22(28)25-15-13-24(14-16-25)21(27)12-11-18-7-3-2-4-8-18/h5-6,9-10,17-18H,2-4,7-8,11-16H2,1H3. The summed E-state index contributed by atoms with van der Waals surface area (Å²) in [6, 6.07) is 6.49. The molecule has 2 aromatic rings. The van der Waals surface area contributed by atoms with Gasteiger partial charge in [-0.25, -0.2) is 4.79 Å². The lowest BCUT2D eigenvalue weighted by atomic mass is 9.86. The molecule has 0 N–H and O–H groups in total. The van der Waals surface area contributed by atoms with Gasteiger partial charge in [-0.2, -0.15) is 0 Å². The molecule has 30 heavy (non-hydrogen) atoms. The number of carbonyl (C=O) groups excluding carboxylic acids is 2. The van der Waals surface area contributed by atoms with Crippen LogP contribution in [0.4, 0.5) is 0 Å². The summed E-state index contributed by atoms with van der Waals surface area (Å²) in [7, 11) is 0. The van der Waals surface area contributed by atoms with Crippen molar-refractivity contribution in [2.45, 2.75) is 57.9 Å². The Balaban J connectivity index is 1.32. The van der Waals surface area contributed by atoms with E-state index in [-0.39, 0.29) is 11.8 Å². The average Bonchev–Trinajstić information content (AvgIpc) is 3.13. The van der Waals surface area contributed by atoms with Gasteiger partial charge in [0.1, 0.15) is 6.04 Å². The Morgan fingerprint density at radius 1 is 1.03 bits per heavy atom. The van der Waals surface area contributed by atoms with Gasteiger partial charge in [0.05, 0.1) is 5.52 Å². The van der Waals surface area contributed by atoms with Gasteiger partial charge in [-0.3, -0.25) is 14.2 Å². The Hall–Kier alpha value is -2.57. The molecule has 2 fully saturated rings. The highest BCUT2D eigenvalue weighted by molar-refractivity contribution is 5.83. The number of rotatable bonds is 5. The maximum Gasteiger partial charge on any atom is 0.420 e. The number of benzene rings is 1. The molecule has 0 bridgehead atoms. The van der Waals surface area contributed by atoms with Crippen molar-refractivity contribution in [3.8, 4) is 0 Å². The van der Waals surface area contributed by atoms with E-state index in [4.69, 9.17) is 4.42 Å².